The van der Waals surface area contributed by atoms with Gasteiger partial charge in [-0.15, -0.1) is 11.8 Å². The molecule has 25 heavy (non-hydrogen) atoms. The van der Waals surface area contributed by atoms with Gasteiger partial charge in [0.25, 0.3) is 0 Å². The highest BCUT2D eigenvalue weighted by Gasteiger charge is 2.34. The van der Waals surface area contributed by atoms with Crippen LogP contribution in [0.4, 0.5) is 0 Å². The van der Waals surface area contributed by atoms with Crippen molar-refractivity contribution in [3.8, 4) is 0 Å². The summed E-state index contributed by atoms with van der Waals surface area (Å²) in [6, 6.07) is 5.40. The molecule has 3 rings (SSSR count). The highest BCUT2D eigenvalue weighted by molar-refractivity contribution is 8.00. The predicted octanol–water partition coefficient (Wildman–Crippen LogP) is 2.42. The summed E-state index contributed by atoms with van der Waals surface area (Å²) >= 11 is 13.6. The van der Waals surface area contributed by atoms with E-state index in [-0.39, 0.29) is 23.5 Å². The van der Waals surface area contributed by atoms with Gasteiger partial charge in [0.15, 0.2) is 9.84 Å². The molecule has 0 spiro atoms. The number of rotatable bonds is 4. The predicted molar refractivity (Wildman–Crippen MR) is 102 cm³/mol. The van der Waals surface area contributed by atoms with Crippen LogP contribution in [0.5, 0.6) is 0 Å². The molecule has 5 nitrogen and oxygen atoms in total. The quantitative estimate of drug-likeness (QED) is 0.697. The van der Waals surface area contributed by atoms with Gasteiger partial charge in [-0.2, -0.15) is 0 Å². The highest BCUT2D eigenvalue weighted by Crippen LogP contribution is 2.34. The SMILES string of the molecule is O=C(CSc1c(Cl)cccc1Cl)N1CCN([C@H]2CCS(=O)(=O)C2)CC1. The Morgan fingerprint density at radius 3 is 2.36 bits per heavy atom. The lowest BCUT2D eigenvalue weighted by Crippen LogP contribution is -2.52. The van der Waals surface area contributed by atoms with Crippen molar-refractivity contribution >= 4 is 50.7 Å². The van der Waals surface area contributed by atoms with Gasteiger partial charge in [0.1, 0.15) is 0 Å². The van der Waals surface area contributed by atoms with Crippen molar-refractivity contribution in [2.75, 3.05) is 43.4 Å². The lowest BCUT2D eigenvalue weighted by atomic mass is 10.2. The number of benzene rings is 1. The van der Waals surface area contributed by atoms with E-state index >= 15 is 0 Å². The van der Waals surface area contributed by atoms with Gasteiger partial charge in [0.05, 0.1) is 27.3 Å². The van der Waals surface area contributed by atoms with Gasteiger partial charge in [-0.3, -0.25) is 9.69 Å². The Morgan fingerprint density at radius 2 is 1.80 bits per heavy atom. The first kappa shape index (κ1) is 19.3. The van der Waals surface area contributed by atoms with Crippen LogP contribution in [-0.4, -0.2) is 73.6 Å². The van der Waals surface area contributed by atoms with E-state index in [4.69, 9.17) is 23.2 Å². The van der Waals surface area contributed by atoms with Crippen LogP contribution in [0, 0.1) is 0 Å². The fourth-order valence-corrected chi connectivity index (χ4v) is 6.59. The van der Waals surface area contributed by atoms with Crippen LogP contribution in [0.3, 0.4) is 0 Å². The number of nitrogens with zero attached hydrogens (tertiary/aromatic N) is 2. The molecule has 0 N–H and O–H groups in total. The minimum atomic E-state index is -2.87. The van der Waals surface area contributed by atoms with E-state index in [1.54, 1.807) is 18.2 Å². The molecule has 1 aromatic rings. The molecule has 0 unspecified atom stereocenters. The zero-order chi connectivity index (χ0) is 18.0. The van der Waals surface area contributed by atoms with Crippen molar-refractivity contribution in [2.24, 2.45) is 0 Å². The third kappa shape index (κ3) is 4.83. The van der Waals surface area contributed by atoms with Crippen molar-refractivity contribution in [1.29, 1.82) is 0 Å². The monoisotopic (exact) mass is 422 g/mol. The number of piperazine rings is 1. The van der Waals surface area contributed by atoms with Gasteiger partial charge in [0, 0.05) is 37.1 Å². The van der Waals surface area contributed by atoms with Crippen LogP contribution < -0.4 is 0 Å². The van der Waals surface area contributed by atoms with Crippen LogP contribution in [0.1, 0.15) is 6.42 Å². The summed E-state index contributed by atoms with van der Waals surface area (Å²) in [4.78, 5) is 17.2. The Kier molecular flexibility index (Phi) is 6.21. The normalized spacial score (nSPS) is 23.8. The summed E-state index contributed by atoms with van der Waals surface area (Å²) in [5.41, 5.74) is 0. The van der Waals surface area contributed by atoms with E-state index in [9.17, 15) is 13.2 Å². The van der Waals surface area contributed by atoms with Gasteiger partial charge in [-0.05, 0) is 18.6 Å². The molecule has 0 saturated carbocycles. The molecule has 0 radical (unpaired) electrons. The van der Waals surface area contributed by atoms with Crippen LogP contribution in [0.15, 0.2) is 23.1 Å². The largest absolute Gasteiger partial charge is 0.339 e. The third-order valence-electron chi connectivity index (χ3n) is 4.65. The van der Waals surface area contributed by atoms with Crippen molar-refractivity contribution in [2.45, 2.75) is 17.4 Å². The maximum absolute atomic E-state index is 12.4. The number of amides is 1. The number of sulfone groups is 1. The minimum Gasteiger partial charge on any atom is -0.339 e. The number of carbonyl (C=O) groups excluding carboxylic acids is 1. The van der Waals surface area contributed by atoms with Crippen molar-refractivity contribution in [3.63, 3.8) is 0 Å². The number of carbonyl (C=O) groups is 1. The Balaban J connectivity index is 1.49. The van der Waals surface area contributed by atoms with Gasteiger partial charge >= 0.3 is 0 Å². The molecule has 2 saturated heterocycles. The fourth-order valence-electron chi connectivity index (χ4n) is 3.25. The molecule has 9 heteroatoms. The van der Waals surface area contributed by atoms with Crippen LogP contribution in [-0.2, 0) is 14.6 Å². The first-order valence-electron chi connectivity index (χ1n) is 8.15. The maximum atomic E-state index is 12.4. The second-order valence-corrected chi connectivity index (χ2v) is 10.3. The van der Waals surface area contributed by atoms with E-state index < -0.39 is 9.84 Å². The van der Waals surface area contributed by atoms with Crippen LogP contribution >= 0.6 is 35.0 Å². The lowest BCUT2D eigenvalue weighted by Gasteiger charge is -2.37. The van der Waals surface area contributed by atoms with E-state index in [0.717, 1.165) is 18.0 Å². The average molecular weight is 423 g/mol. The molecule has 0 aromatic heterocycles. The lowest BCUT2D eigenvalue weighted by molar-refractivity contribution is -0.130. The van der Waals surface area contributed by atoms with Crippen LogP contribution in [0.2, 0.25) is 10.0 Å². The first-order valence-corrected chi connectivity index (χ1v) is 11.7. The van der Waals surface area contributed by atoms with Crippen LogP contribution in [0.25, 0.3) is 0 Å². The molecular weight excluding hydrogens is 403 g/mol. The average Bonchev–Trinajstić information content (AvgIpc) is 2.94. The molecule has 138 valence electrons. The molecule has 1 amide bonds. The summed E-state index contributed by atoms with van der Waals surface area (Å²) in [6.45, 7) is 2.71. The van der Waals surface area contributed by atoms with E-state index in [1.165, 1.54) is 11.8 Å². The second kappa shape index (κ2) is 8.05. The molecule has 2 fully saturated rings. The molecule has 2 aliphatic rings. The molecular formula is C16H20Cl2N2O3S2. The van der Waals surface area contributed by atoms with Gasteiger partial charge in [0.2, 0.25) is 5.91 Å². The topological polar surface area (TPSA) is 57.7 Å². The van der Waals surface area contributed by atoms with E-state index in [2.05, 4.69) is 4.90 Å². The molecule has 0 bridgehead atoms. The molecule has 0 aliphatic carbocycles. The number of thioether (sulfide) groups is 1. The fraction of sp³-hybridized carbons (Fsp3) is 0.562. The Labute approximate surface area is 162 Å². The number of hydrogen-bond acceptors (Lipinski definition) is 5. The summed E-state index contributed by atoms with van der Waals surface area (Å²) in [7, 11) is -2.87. The summed E-state index contributed by atoms with van der Waals surface area (Å²) in [6.07, 6.45) is 0.705. The second-order valence-electron chi connectivity index (χ2n) is 6.31. The van der Waals surface area contributed by atoms with Crippen molar-refractivity contribution < 1.29 is 13.2 Å². The summed E-state index contributed by atoms with van der Waals surface area (Å²) in [5.74, 6) is 0.884. The Hall–Kier alpha value is -0.470. The highest BCUT2D eigenvalue weighted by atomic mass is 35.5. The van der Waals surface area contributed by atoms with Crippen molar-refractivity contribution in [1.82, 2.24) is 9.80 Å². The molecule has 2 heterocycles. The van der Waals surface area contributed by atoms with E-state index in [1.807, 2.05) is 4.90 Å². The smallest absolute Gasteiger partial charge is 0.233 e. The van der Waals surface area contributed by atoms with Gasteiger partial charge in [-0.1, -0.05) is 29.3 Å². The zero-order valence-electron chi connectivity index (χ0n) is 13.7. The van der Waals surface area contributed by atoms with E-state index in [0.29, 0.717) is 35.3 Å². The maximum Gasteiger partial charge on any atom is 0.233 e. The molecule has 2 aliphatic heterocycles. The van der Waals surface area contributed by atoms with Crippen molar-refractivity contribution in [3.05, 3.63) is 28.2 Å². The Morgan fingerprint density at radius 1 is 1.16 bits per heavy atom. The standard InChI is InChI=1S/C16H20Cl2N2O3S2/c17-13-2-1-3-14(18)16(13)24-10-15(21)20-7-5-19(6-8-20)12-4-9-25(22,23)11-12/h1-3,12H,4-11H2/t12-/m0/s1. The summed E-state index contributed by atoms with van der Waals surface area (Å²) < 4.78 is 23.2. The van der Waals surface area contributed by atoms with Gasteiger partial charge < -0.3 is 4.90 Å². The molecule has 1 aromatic carbocycles. The first-order chi connectivity index (χ1) is 11.9. The van der Waals surface area contributed by atoms with Gasteiger partial charge in [-0.25, -0.2) is 8.42 Å². The number of halogens is 2. The minimum absolute atomic E-state index is 0.0553. The zero-order valence-corrected chi connectivity index (χ0v) is 16.8. The Bertz CT molecular complexity index is 729. The third-order valence-corrected chi connectivity index (χ3v) is 8.37. The summed E-state index contributed by atoms with van der Waals surface area (Å²) in [5, 5.41) is 1.11. The molecule has 1 atom stereocenters. The number of hydrogen-bond donors (Lipinski definition) is 0.